The fourth-order valence-electron chi connectivity index (χ4n) is 3.07. The molecular formula is C17H19N3O3. The highest BCUT2D eigenvalue weighted by Gasteiger charge is 2.34. The Morgan fingerprint density at radius 2 is 1.91 bits per heavy atom. The first-order valence-corrected chi connectivity index (χ1v) is 7.65. The zero-order valence-corrected chi connectivity index (χ0v) is 13.2. The molecule has 1 saturated heterocycles. The average molecular weight is 313 g/mol. The number of nitrogens with zero attached hydrogens (tertiary/aromatic N) is 3. The fraction of sp³-hybridized carbons (Fsp3) is 0.353. The van der Waals surface area contributed by atoms with E-state index >= 15 is 0 Å². The molecule has 1 N–H and O–H groups in total. The van der Waals surface area contributed by atoms with Crippen molar-refractivity contribution >= 4 is 11.9 Å². The Bertz CT molecular complexity index is 749. The monoisotopic (exact) mass is 313 g/mol. The molecule has 1 aromatic heterocycles. The molecule has 1 fully saturated rings. The molecule has 1 aromatic carbocycles. The van der Waals surface area contributed by atoms with Crippen LogP contribution >= 0.6 is 0 Å². The first-order chi connectivity index (χ1) is 11.0. The second-order valence-corrected chi connectivity index (χ2v) is 5.88. The van der Waals surface area contributed by atoms with Crippen LogP contribution in [0.2, 0.25) is 0 Å². The minimum atomic E-state index is -0.935. The second kappa shape index (κ2) is 5.87. The Hall–Kier alpha value is -2.63. The smallest absolute Gasteiger partial charge is 0.326 e. The zero-order valence-electron chi connectivity index (χ0n) is 13.2. The summed E-state index contributed by atoms with van der Waals surface area (Å²) in [6.45, 7) is 4.40. The Labute approximate surface area is 134 Å². The third kappa shape index (κ3) is 2.84. The Balaban J connectivity index is 1.83. The molecule has 23 heavy (non-hydrogen) atoms. The Kier molecular flexibility index (Phi) is 3.90. The van der Waals surface area contributed by atoms with Crippen molar-refractivity contribution in [3.05, 3.63) is 47.3 Å². The Morgan fingerprint density at radius 3 is 2.48 bits per heavy atom. The van der Waals surface area contributed by atoms with Crippen molar-refractivity contribution in [1.29, 1.82) is 0 Å². The van der Waals surface area contributed by atoms with E-state index in [0.29, 0.717) is 18.5 Å². The van der Waals surface area contributed by atoms with Gasteiger partial charge in [-0.05, 0) is 57.0 Å². The van der Waals surface area contributed by atoms with Crippen LogP contribution in [-0.2, 0) is 4.79 Å². The summed E-state index contributed by atoms with van der Waals surface area (Å²) >= 11 is 0. The van der Waals surface area contributed by atoms with E-state index in [9.17, 15) is 14.7 Å². The average Bonchev–Trinajstić information content (AvgIpc) is 3.13. The quantitative estimate of drug-likeness (QED) is 0.942. The van der Waals surface area contributed by atoms with Gasteiger partial charge in [-0.2, -0.15) is 5.10 Å². The van der Waals surface area contributed by atoms with E-state index in [-0.39, 0.29) is 5.91 Å². The van der Waals surface area contributed by atoms with E-state index in [0.717, 1.165) is 23.5 Å². The molecule has 0 spiro atoms. The second-order valence-electron chi connectivity index (χ2n) is 5.88. The fourth-order valence-corrected chi connectivity index (χ4v) is 3.07. The number of carbonyl (C=O) groups excluding carboxylic acids is 1. The molecule has 0 saturated carbocycles. The van der Waals surface area contributed by atoms with E-state index in [1.165, 1.54) is 4.90 Å². The number of amides is 1. The van der Waals surface area contributed by atoms with Gasteiger partial charge in [0, 0.05) is 17.8 Å². The van der Waals surface area contributed by atoms with Crippen LogP contribution in [0.15, 0.2) is 30.3 Å². The third-order valence-electron chi connectivity index (χ3n) is 4.17. The van der Waals surface area contributed by atoms with E-state index in [2.05, 4.69) is 5.10 Å². The van der Waals surface area contributed by atoms with Crippen molar-refractivity contribution in [2.24, 2.45) is 0 Å². The van der Waals surface area contributed by atoms with Gasteiger partial charge in [0.1, 0.15) is 6.04 Å². The van der Waals surface area contributed by atoms with Crippen molar-refractivity contribution in [2.75, 3.05) is 6.54 Å². The topological polar surface area (TPSA) is 75.4 Å². The van der Waals surface area contributed by atoms with Crippen LogP contribution < -0.4 is 0 Å². The van der Waals surface area contributed by atoms with Gasteiger partial charge in [-0.3, -0.25) is 4.79 Å². The minimum Gasteiger partial charge on any atom is -0.480 e. The molecular weight excluding hydrogens is 294 g/mol. The van der Waals surface area contributed by atoms with Crippen LogP contribution in [0.4, 0.5) is 0 Å². The number of carbonyl (C=O) groups is 2. The highest BCUT2D eigenvalue weighted by molar-refractivity contribution is 5.97. The Morgan fingerprint density at radius 1 is 1.22 bits per heavy atom. The molecule has 0 bridgehead atoms. The molecule has 6 heteroatoms. The molecule has 0 aliphatic carbocycles. The molecule has 0 unspecified atom stereocenters. The maximum atomic E-state index is 12.5. The van der Waals surface area contributed by atoms with Gasteiger partial charge in [0.25, 0.3) is 5.91 Å². The highest BCUT2D eigenvalue weighted by Crippen LogP contribution is 2.21. The van der Waals surface area contributed by atoms with Crippen molar-refractivity contribution in [3.8, 4) is 5.69 Å². The molecule has 2 aromatic rings. The molecule has 1 atom stereocenters. The maximum absolute atomic E-state index is 12.5. The number of likely N-dealkylation sites (tertiary alicyclic amines) is 1. The molecule has 0 radical (unpaired) electrons. The SMILES string of the molecule is Cc1cc(C)n(-c2ccc(C(=O)N3CCC[C@H]3C(=O)O)cc2)n1. The van der Waals surface area contributed by atoms with Gasteiger partial charge >= 0.3 is 5.97 Å². The summed E-state index contributed by atoms with van der Waals surface area (Å²) in [5.74, 6) is -1.16. The largest absolute Gasteiger partial charge is 0.480 e. The summed E-state index contributed by atoms with van der Waals surface area (Å²) in [5.41, 5.74) is 3.34. The van der Waals surface area contributed by atoms with Crippen LogP contribution in [0.25, 0.3) is 5.69 Å². The van der Waals surface area contributed by atoms with Crippen LogP contribution in [0, 0.1) is 13.8 Å². The van der Waals surface area contributed by atoms with E-state index in [4.69, 9.17) is 0 Å². The molecule has 1 amide bonds. The number of aryl methyl sites for hydroxylation is 2. The minimum absolute atomic E-state index is 0.227. The van der Waals surface area contributed by atoms with E-state index < -0.39 is 12.0 Å². The normalized spacial score (nSPS) is 17.5. The zero-order chi connectivity index (χ0) is 16.6. The number of aromatic nitrogens is 2. The van der Waals surface area contributed by atoms with Crippen LogP contribution in [0.1, 0.15) is 34.6 Å². The summed E-state index contributed by atoms with van der Waals surface area (Å²) in [6, 6.07) is 8.40. The van der Waals surface area contributed by atoms with Gasteiger partial charge in [0.05, 0.1) is 11.4 Å². The summed E-state index contributed by atoms with van der Waals surface area (Å²) in [4.78, 5) is 25.2. The summed E-state index contributed by atoms with van der Waals surface area (Å²) in [6.07, 6.45) is 1.25. The highest BCUT2D eigenvalue weighted by atomic mass is 16.4. The standard InChI is InChI=1S/C17H19N3O3/c1-11-10-12(2)20(18-11)14-7-5-13(6-8-14)16(21)19-9-3-4-15(19)17(22)23/h5-8,10,15H,3-4,9H2,1-2H3,(H,22,23)/t15-/m0/s1. The van der Waals surface area contributed by atoms with Crippen molar-refractivity contribution < 1.29 is 14.7 Å². The predicted octanol–water partition coefficient (Wildman–Crippen LogP) is 2.18. The lowest BCUT2D eigenvalue weighted by Crippen LogP contribution is -2.40. The number of hydrogen-bond acceptors (Lipinski definition) is 3. The molecule has 120 valence electrons. The number of rotatable bonds is 3. The summed E-state index contributed by atoms with van der Waals surface area (Å²) in [7, 11) is 0. The third-order valence-corrected chi connectivity index (χ3v) is 4.17. The van der Waals surface area contributed by atoms with Crippen LogP contribution in [0.3, 0.4) is 0 Å². The molecule has 1 aliphatic heterocycles. The first kappa shape index (κ1) is 15.3. The van der Waals surface area contributed by atoms with Gasteiger partial charge in [0.15, 0.2) is 0 Å². The number of aliphatic carboxylic acids is 1. The number of carboxylic acids is 1. The number of hydrogen-bond donors (Lipinski definition) is 1. The van der Waals surface area contributed by atoms with Gasteiger partial charge < -0.3 is 10.0 Å². The van der Waals surface area contributed by atoms with Crippen LogP contribution in [0.5, 0.6) is 0 Å². The van der Waals surface area contributed by atoms with Gasteiger partial charge in [0.2, 0.25) is 0 Å². The van der Waals surface area contributed by atoms with Crippen molar-refractivity contribution in [3.63, 3.8) is 0 Å². The number of benzene rings is 1. The molecule has 1 aliphatic rings. The summed E-state index contributed by atoms with van der Waals surface area (Å²) in [5, 5.41) is 13.6. The van der Waals surface area contributed by atoms with Gasteiger partial charge in [-0.1, -0.05) is 0 Å². The predicted molar refractivity (Wildman–Crippen MR) is 84.7 cm³/mol. The van der Waals surface area contributed by atoms with Crippen molar-refractivity contribution in [2.45, 2.75) is 32.7 Å². The van der Waals surface area contributed by atoms with Gasteiger partial charge in [-0.25, -0.2) is 9.48 Å². The van der Waals surface area contributed by atoms with E-state index in [1.54, 1.807) is 12.1 Å². The molecule has 6 nitrogen and oxygen atoms in total. The number of carboxylic acid groups (broad SMARTS) is 1. The lowest BCUT2D eigenvalue weighted by molar-refractivity contribution is -0.141. The maximum Gasteiger partial charge on any atom is 0.326 e. The first-order valence-electron chi connectivity index (χ1n) is 7.65. The summed E-state index contributed by atoms with van der Waals surface area (Å²) < 4.78 is 1.82. The van der Waals surface area contributed by atoms with Crippen LogP contribution in [-0.4, -0.2) is 44.3 Å². The van der Waals surface area contributed by atoms with Gasteiger partial charge in [-0.15, -0.1) is 0 Å². The molecule has 2 heterocycles. The lowest BCUT2D eigenvalue weighted by atomic mass is 10.1. The van der Waals surface area contributed by atoms with Crippen molar-refractivity contribution in [1.82, 2.24) is 14.7 Å². The molecule has 3 rings (SSSR count). The lowest BCUT2D eigenvalue weighted by Gasteiger charge is -2.21. The van der Waals surface area contributed by atoms with E-state index in [1.807, 2.05) is 36.7 Å².